The van der Waals surface area contributed by atoms with Gasteiger partial charge in [0, 0.05) is 31.7 Å². The van der Waals surface area contributed by atoms with Crippen molar-refractivity contribution in [2.24, 2.45) is 0 Å². The Labute approximate surface area is 165 Å². The first-order valence-electron chi connectivity index (χ1n) is 9.10. The zero-order valence-electron chi connectivity index (χ0n) is 15.5. The van der Waals surface area contributed by atoms with Crippen LogP contribution in [-0.2, 0) is 13.1 Å². The molecule has 0 saturated heterocycles. The summed E-state index contributed by atoms with van der Waals surface area (Å²) in [5, 5.41) is 2.79. The number of nitrogens with one attached hydrogen (secondary N) is 1. The number of nitrogens with zero attached hydrogens (tertiary/aromatic N) is 4. The molecule has 0 saturated carbocycles. The van der Waals surface area contributed by atoms with Gasteiger partial charge in [0.15, 0.2) is 5.65 Å². The average molecular weight is 391 g/mol. The van der Waals surface area contributed by atoms with Crippen molar-refractivity contribution in [3.8, 4) is 0 Å². The van der Waals surface area contributed by atoms with Gasteiger partial charge in [0.1, 0.15) is 5.82 Å². The van der Waals surface area contributed by atoms with E-state index in [1.54, 1.807) is 47.3 Å². The molecule has 0 radical (unpaired) electrons. The fraction of sp³-hybridized carbons (Fsp3) is 0.143. The number of benzene rings is 1. The molecular formula is C21H18FN5O2. The summed E-state index contributed by atoms with van der Waals surface area (Å²) in [5.74, 6) is -0.580. The summed E-state index contributed by atoms with van der Waals surface area (Å²) in [6.07, 6.45) is 4.70. The van der Waals surface area contributed by atoms with Crippen molar-refractivity contribution in [2.45, 2.75) is 13.1 Å². The molecule has 8 heteroatoms. The summed E-state index contributed by atoms with van der Waals surface area (Å²) < 4.78 is 16.3. The van der Waals surface area contributed by atoms with Gasteiger partial charge >= 0.3 is 5.69 Å². The number of imidazole rings is 1. The van der Waals surface area contributed by atoms with E-state index in [2.05, 4.69) is 15.3 Å². The highest BCUT2D eigenvalue weighted by Gasteiger charge is 2.14. The highest BCUT2D eigenvalue weighted by molar-refractivity contribution is 5.93. The minimum absolute atomic E-state index is 0.237. The predicted octanol–water partition coefficient (Wildman–Crippen LogP) is 2.21. The van der Waals surface area contributed by atoms with Crippen molar-refractivity contribution in [3.63, 3.8) is 0 Å². The van der Waals surface area contributed by atoms with Crippen molar-refractivity contribution in [1.82, 2.24) is 24.4 Å². The molecule has 0 spiro atoms. The van der Waals surface area contributed by atoms with Crippen LogP contribution in [0.2, 0.25) is 0 Å². The molecular weight excluding hydrogens is 373 g/mol. The van der Waals surface area contributed by atoms with Crippen LogP contribution in [0, 0.1) is 5.82 Å². The maximum atomic E-state index is 13.2. The molecule has 0 aliphatic rings. The number of aromatic nitrogens is 4. The van der Waals surface area contributed by atoms with Crippen molar-refractivity contribution < 1.29 is 9.18 Å². The van der Waals surface area contributed by atoms with Gasteiger partial charge < -0.3 is 5.32 Å². The monoisotopic (exact) mass is 391 g/mol. The quantitative estimate of drug-likeness (QED) is 0.546. The van der Waals surface area contributed by atoms with E-state index in [-0.39, 0.29) is 30.5 Å². The van der Waals surface area contributed by atoms with Crippen molar-refractivity contribution in [3.05, 3.63) is 94.5 Å². The molecule has 0 atom stereocenters. The fourth-order valence-electron chi connectivity index (χ4n) is 3.15. The maximum Gasteiger partial charge on any atom is 0.330 e. The topological polar surface area (TPSA) is 81.8 Å². The molecule has 3 heterocycles. The number of carbonyl (C=O) groups is 1. The lowest BCUT2D eigenvalue weighted by atomic mass is 10.2. The number of hydrogen-bond donors (Lipinski definition) is 1. The van der Waals surface area contributed by atoms with Gasteiger partial charge in [-0.2, -0.15) is 0 Å². The van der Waals surface area contributed by atoms with E-state index >= 15 is 0 Å². The number of rotatable bonds is 6. The Bertz CT molecular complexity index is 1200. The van der Waals surface area contributed by atoms with Crippen LogP contribution in [0.4, 0.5) is 4.39 Å². The Morgan fingerprint density at radius 3 is 2.59 bits per heavy atom. The number of pyridine rings is 2. The summed E-state index contributed by atoms with van der Waals surface area (Å²) in [4.78, 5) is 33.4. The van der Waals surface area contributed by atoms with Gasteiger partial charge in [-0.3, -0.25) is 18.9 Å². The zero-order valence-corrected chi connectivity index (χ0v) is 15.5. The Balaban J connectivity index is 1.56. The maximum absolute atomic E-state index is 13.2. The standard InChI is InChI=1S/C21H18FN5O2/c22-17-7-5-15(6-8-17)14-27-18-4-2-10-24-19(18)26(21(27)29)12-11-25-20(28)16-3-1-9-23-13-16/h1-10,13H,11-12,14H2,(H,25,28). The molecule has 7 nitrogen and oxygen atoms in total. The number of halogens is 1. The Kier molecular flexibility index (Phi) is 5.15. The number of amides is 1. The highest BCUT2D eigenvalue weighted by atomic mass is 19.1. The van der Waals surface area contributed by atoms with Crippen molar-refractivity contribution in [1.29, 1.82) is 0 Å². The first-order chi connectivity index (χ1) is 14.1. The first kappa shape index (κ1) is 18.5. The SMILES string of the molecule is O=C(NCCn1c(=O)n(Cc2ccc(F)cc2)c2cccnc21)c1cccnc1. The van der Waals surface area contributed by atoms with E-state index in [0.717, 1.165) is 5.56 Å². The molecule has 0 fully saturated rings. The zero-order chi connectivity index (χ0) is 20.2. The minimum atomic E-state index is -0.324. The van der Waals surface area contributed by atoms with Gasteiger partial charge in [0.05, 0.1) is 17.6 Å². The Hall–Kier alpha value is -3.81. The predicted molar refractivity (Wildman–Crippen MR) is 106 cm³/mol. The molecule has 1 aromatic carbocycles. The van der Waals surface area contributed by atoms with Gasteiger partial charge in [0.2, 0.25) is 0 Å². The van der Waals surface area contributed by atoms with Crippen molar-refractivity contribution >= 4 is 17.1 Å². The van der Waals surface area contributed by atoms with Crippen LogP contribution in [0.25, 0.3) is 11.2 Å². The van der Waals surface area contributed by atoms with E-state index in [4.69, 9.17) is 0 Å². The molecule has 0 aliphatic heterocycles. The van der Waals surface area contributed by atoms with Crippen LogP contribution in [0.5, 0.6) is 0 Å². The third-order valence-corrected chi connectivity index (χ3v) is 4.57. The largest absolute Gasteiger partial charge is 0.350 e. The average Bonchev–Trinajstić information content (AvgIpc) is 3.02. The highest BCUT2D eigenvalue weighted by Crippen LogP contribution is 2.12. The van der Waals surface area contributed by atoms with Crippen LogP contribution in [0.15, 0.2) is 71.9 Å². The second kappa shape index (κ2) is 8.05. The van der Waals surface area contributed by atoms with Crippen LogP contribution in [0.1, 0.15) is 15.9 Å². The third-order valence-electron chi connectivity index (χ3n) is 4.57. The van der Waals surface area contributed by atoms with Gasteiger partial charge in [-0.25, -0.2) is 14.2 Å². The van der Waals surface area contributed by atoms with Gasteiger partial charge in [0.25, 0.3) is 5.91 Å². The summed E-state index contributed by atoms with van der Waals surface area (Å²) >= 11 is 0. The summed E-state index contributed by atoms with van der Waals surface area (Å²) in [6.45, 7) is 0.838. The normalized spacial score (nSPS) is 10.9. The van der Waals surface area contributed by atoms with Crippen LogP contribution >= 0.6 is 0 Å². The molecule has 0 aliphatic carbocycles. The molecule has 0 bridgehead atoms. The molecule has 4 aromatic rings. The molecule has 4 rings (SSSR count). The summed E-state index contributed by atoms with van der Waals surface area (Å²) in [5.41, 5.74) is 2.24. The number of carbonyl (C=O) groups excluding carboxylic acids is 1. The number of fused-ring (bicyclic) bond motifs is 1. The summed E-state index contributed by atoms with van der Waals surface area (Å²) in [6, 6.07) is 13.0. The van der Waals surface area contributed by atoms with Gasteiger partial charge in [-0.05, 0) is 42.0 Å². The minimum Gasteiger partial charge on any atom is -0.350 e. The molecule has 0 unspecified atom stereocenters. The number of hydrogen-bond acceptors (Lipinski definition) is 4. The molecule has 29 heavy (non-hydrogen) atoms. The third kappa shape index (κ3) is 3.91. The summed E-state index contributed by atoms with van der Waals surface area (Å²) in [7, 11) is 0. The van der Waals surface area contributed by atoms with E-state index in [0.29, 0.717) is 23.3 Å². The van der Waals surface area contributed by atoms with E-state index in [9.17, 15) is 14.0 Å². The lowest BCUT2D eigenvalue weighted by Crippen LogP contribution is -2.32. The van der Waals surface area contributed by atoms with Crippen LogP contribution in [0.3, 0.4) is 0 Å². The second-order valence-corrected chi connectivity index (χ2v) is 6.49. The van der Waals surface area contributed by atoms with Gasteiger partial charge in [-0.1, -0.05) is 12.1 Å². The molecule has 3 aromatic heterocycles. The van der Waals surface area contributed by atoms with Gasteiger partial charge in [-0.15, -0.1) is 0 Å². The smallest absolute Gasteiger partial charge is 0.330 e. The second-order valence-electron chi connectivity index (χ2n) is 6.49. The van der Waals surface area contributed by atoms with Crippen LogP contribution < -0.4 is 11.0 Å². The molecule has 146 valence electrons. The van der Waals surface area contributed by atoms with Crippen molar-refractivity contribution in [2.75, 3.05) is 6.54 Å². The Morgan fingerprint density at radius 1 is 1.03 bits per heavy atom. The lowest BCUT2D eigenvalue weighted by Gasteiger charge is -2.06. The van der Waals surface area contributed by atoms with Crippen LogP contribution in [-0.4, -0.2) is 31.6 Å². The van der Waals surface area contributed by atoms with E-state index in [1.807, 2.05) is 6.07 Å². The fourth-order valence-corrected chi connectivity index (χ4v) is 3.15. The van der Waals surface area contributed by atoms with E-state index < -0.39 is 0 Å². The van der Waals surface area contributed by atoms with E-state index in [1.165, 1.54) is 22.9 Å². The first-order valence-corrected chi connectivity index (χ1v) is 9.10. The molecule has 1 amide bonds. The molecule has 1 N–H and O–H groups in total. The Morgan fingerprint density at radius 2 is 1.83 bits per heavy atom. The lowest BCUT2D eigenvalue weighted by molar-refractivity contribution is 0.0952.